The summed E-state index contributed by atoms with van der Waals surface area (Å²) in [6, 6.07) is 0. The Labute approximate surface area is 117 Å². The number of amides is 1. The molecule has 2 N–H and O–H groups in total. The summed E-state index contributed by atoms with van der Waals surface area (Å²) in [5, 5.41) is 0. The van der Waals surface area contributed by atoms with Gasteiger partial charge in [-0.3, -0.25) is 4.99 Å². The van der Waals surface area contributed by atoms with E-state index in [2.05, 4.69) is 11.9 Å². The molecule has 1 saturated heterocycles. The van der Waals surface area contributed by atoms with Crippen LogP contribution in [0.1, 0.15) is 47.5 Å². The maximum absolute atomic E-state index is 11.7. The number of amidine groups is 1. The minimum absolute atomic E-state index is 0.163. The number of ether oxygens (including phenoxy) is 1. The largest absolute Gasteiger partial charge is 0.444 e. The van der Waals surface area contributed by atoms with Gasteiger partial charge in [-0.05, 0) is 46.5 Å². The molecule has 19 heavy (non-hydrogen) atoms. The Kier molecular flexibility index (Phi) is 7.49. The standard InChI is InChI=1S/C11H21NO2.C3H8N2/c1-9-6-5-7-12(8-9)10(13)14-11(2,3)4;1-3(4)5-2/h9H,5-8H2,1-4H3;1-2H3,(H2,4,5). The predicted octanol–water partition coefficient (Wildman–Crippen LogP) is 2.65. The lowest BCUT2D eigenvalue weighted by atomic mass is 10.0. The molecule has 5 heteroatoms. The van der Waals surface area contributed by atoms with Gasteiger partial charge in [-0.1, -0.05) is 6.92 Å². The van der Waals surface area contributed by atoms with Crippen LogP contribution in [0.3, 0.4) is 0 Å². The first-order valence-corrected chi connectivity index (χ1v) is 6.82. The summed E-state index contributed by atoms with van der Waals surface area (Å²) < 4.78 is 5.31. The minimum Gasteiger partial charge on any atom is -0.444 e. The number of nitrogens with zero attached hydrogens (tertiary/aromatic N) is 2. The summed E-state index contributed by atoms with van der Waals surface area (Å²) in [6.45, 7) is 11.3. The molecule has 0 aromatic rings. The van der Waals surface area contributed by atoms with E-state index in [0.29, 0.717) is 11.8 Å². The maximum atomic E-state index is 11.7. The summed E-state index contributed by atoms with van der Waals surface area (Å²) in [6.07, 6.45) is 2.16. The molecule has 1 atom stereocenters. The Balaban J connectivity index is 0.000000555. The Hall–Kier alpha value is -1.26. The van der Waals surface area contributed by atoms with E-state index in [4.69, 9.17) is 10.5 Å². The van der Waals surface area contributed by atoms with Crippen LogP contribution in [0.4, 0.5) is 4.79 Å². The van der Waals surface area contributed by atoms with Crippen molar-refractivity contribution in [3.05, 3.63) is 0 Å². The van der Waals surface area contributed by atoms with Crippen molar-refractivity contribution in [2.24, 2.45) is 16.6 Å². The van der Waals surface area contributed by atoms with Crippen molar-refractivity contribution in [3.63, 3.8) is 0 Å². The topological polar surface area (TPSA) is 67.9 Å². The molecule has 1 heterocycles. The zero-order chi connectivity index (χ0) is 15.1. The zero-order valence-electron chi connectivity index (χ0n) is 13.2. The molecule has 0 radical (unpaired) electrons. The molecular formula is C14H29N3O2. The van der Waals surface area contributed by atoms with Crippen molar-refractivity contribution in [1.82, 2.24) is 4.90 Å². The molecule has 0 aromatic carbocycles. The third kappa shape index (κ3) is 9.33. The van der Waals surface area contributed by atoms with E-state index in [1.165, 1.54) is 6.42 Å². The van der Waals surface area contributed by atoms with Gasteiger partial charge in [0.05, 0.1) is 5.84 Å². The highest BCUT2D eigenvalue weighted by atomic mass is 16.6. The Morgan fingerprint density at radius 3 is 2.32 bits per heavy atom. The highest BCUT2D eigenvalue weighted by Gasteiger charge is 2.25. The lowest BCUT2D eigenvalue weighted by Gasteiger charge is -2.32. The van der Waals surface area contributed by atoms with Crippen LogP contribution in [-0.4, -0.2) is 42.6 Å². The van der Waals surface area contributed by atoms with E-state index >= 15 is 0 Å². The number of nitrogens with two attached hydrogens (primary N) is 1. The van der Waals surface area contributed by atoms with E-state index in [-0.39, 0.29) is 11.7 Å². The lowest BCUT2D eigenvalue weighted by molar-refractivity contribution is 0.0174. The normalized spacial score (nSPS) is 20.4. The Morgan fingerprint density at radius 2 is 1.95 bits per heavy atom. The summed E-state index contributed by atoms with van der Waals surface area (Å²) >= 11 is 0. The molecule has 0 spiro atoms. The fraction of sp³-hybridized carbons (Fsp3) is 0.857. The van der Waals surface area contributed by atoms with Crippen LogP contribution in [0.25, 0.3) is 0 Å². The molecule has 0 aromatic heterocycles. The second-order valence-electron chi connectivity index (χ2n) is 6.04. The summed E-state index contributed by atoms with van der Waals surface area (Å²) in [5.74, 6) is 1.24. The van der Waals surface area contributed by atoms with Gasteiger partial charge in [0.2, 0.25) is 0 Å². The van der Waals surface area contributed by atoms with Gasteiger partial charge in [0.25, 0.3) is 0 Å². The van der Waals surface area contributed by atoms with E-state index < -0.39 is 0 Å². The molecular weight excluding hydrogens is 242 g/mol. The monoisotopic (exact) mass is 271 g/mol. The number of carbonyl (C=O) groups excluding carboxylic acids is 1. The SMILES string of the molecule is CC1CCCN(C(=O)OC(C)(C)C)C1.CN=C(C)N. The van der Waals surface area contributed by atoms with Crippen LogP contribution in [0, 0.1) is 5.92 Å². The van der Waals surface area contributed by atoms with Gasteiger partial charge < -0.3 is 15.4 Å². The lowest BCUT2D eigenvalue weighted by Crippen LogP contribution is -2.42. The maximum Gasteiger partial charge on any atom is 0.410 e. The van der Waals surface area contributed by atoms with Crippen LogP contribution in [-0.2, 0) is 4.74 Å². The van der Waals surface area contributed by atoms with Crippen LogP contribution < -0.4 is 5.73 Å². The van der Waals surface area contributed by atoms with E-state index in [9.17, 15) is 4.79 Å². The minimum atomic E-state index is -0.377. The molecule has 1 amide bonds. The van der Waals surface area contributed by atoms with Gasteiger partial charge in [-0.2, -0.15) is 0 Å². The van der Waals surface area contributed by atoms with E-state index in [1.807, 2.05) is 25.7 Å². The summed E-state index contributed by atoms with van der Waals surface area (Å²) in [5.41, 5.74) is 4.66. The van der Waals surface area contributed by atoms with Gasteiger partial charge in [0, 0.05) is 20.1 Å². The van der Waals surface area contributed by atoms with Gasteiger partial charge in [0.1, 0.15) is 5.60 Å². The molecule has 1 unspecified atom stereocenters. The smallest absolute Gasteiger partial charge is 0.410 e. The van der Waals surface area contributed by atoms with Crippen molar-refractivity contribution in [3.8, 4) is 0 Å². The summed E-state index contributed by atoms with van der Waals surface area (Å²) in [4.78, 5) is 17.1. The highest BCUT2D eigenvalue weighted by Crippen LogP contribution is 2.18. The summed E-state index contributed by atoms with van der Waals surface area (Å²) in [7, 11) is 1.66. The second-order valence-corrected chi connectivity index (χ2v) is 6.04. The first-order chi connectivity index (χ1) is 8.65. The van der Waals surface area contributed by atoms with Gasteiger partial charge in [-0.15, -0.1) is 0 Å². The molecule has 1 rings (SSSR count). The second kappa shape index (κ2) is 8.02. The average Bonchev–Trinajstić information content (AvgIpc) is 2.27. The number of piperidine rings is 1. The van der Waals surface area contributed by atoms with Crippen molar-refractivity contribution < 1.29 is 9.53 Å². The first kappa shape index (κ1) is 17.7. The predicted molar refractivity (Wildman–Crippen MR) is 79.4 cm³/mol. The molecule has 5 nitrogen and oxygen atoms in total. The number of aliphatic imine (C=N–C) groups is 1. The molecule has 1 aliphatic rings. The molecule has 0 aliphatic carbocycles. The fourth-order valence-corrected chi connectivity index (χ4v) is 1.68. The van der Waals surface area contributed by atoms with Crippen molar-refractivity contribution >= 4 is 11.9 Å². The van der Waals surface area contributed by atoms with Crippen molar-refractivity contribution in [1.29, 1.82) is 0 Å². The van der Waals surface area contributed by atoms with Gasteiger partial charge >= 0.3 is 6.09 Å². The first-order valence-electron chi connectivity index (χ1n) is 6.82. The molecule has 1 fully saturated rings. The third-order valence-corrected chi connectivity index (χ3v) is 2.66. The van der Waals surface area contributed by atoms with Crippen LogP contribution >= 0.6 is 0 Å². The van der Waals surface area contributed by atoms with Gasteiger partial charge in [0.15, 0.2) is 0 Å². The van der Waals surface area contributed by atoms with E-state index in [0.717, 1.165) is 19.5 Å². The van der Waals surface area contributed by atoms with Crippen LogP contribution in [0.15, 0.2) is 4.99 Å². The Bertz CT molecular complexity index is 304. The molecule has 0 bridgehead atoms. The van der Waals surface area contributed by atoms with Crippen LogP contribution in [0.2, 0.25) is 0 Å². The van der Waals surface area contributed by atoms with Crippen LogP contribution in [0.5, 0.6) is 0 Å². The van der Waals surface area contributed by atoms with E-state index in [1.54, 1.807) is 14.0 Å². The number of hydrogen-bond acceptors (Lipinski definition) is 3. The number of hydrogen-bond donors (Lipinski definition) is 1. The Morgan fingerprint density at radius 1 is 1.42 bits per heavy atom. The number of rotatable bonds is 0. The third-order valence-electron chi connectivity index (χ3n) is 2.66. The molecule has 0 saturated carbocycles. The van der Waals surface area contributed by atoms with Crippen molar-refractivity contribution in [2.75, 3.05) is 20.1 Å². The van der Waals surface area contributed by atoms with Gasteiger partial charge in [-0.25, -0.2) is 4.79 Å². The quantitative estimate of drug-likeness (QED) is 0.544. The number of carbonyl (C=O) groups is 1. The average molecular weight is 271 g/mol. The van der Waals surface area contributed by atoms with Crippen molar-refractivity contribution in [2.45, 2.75) is 53.1 Å². The number of likely N-dealkylation sites (tertiary alicyclic amines) is 1. The molecule has 1 aliphatic heterocycles. The zero-order valence-corrected chi connectivity index (χ0v) is 13.2. The highest BCUT2D eigenvalue weighted by molar-refractivity contribution is 5.77. The fourth-order valence-electron chi connectivity index (χ4n) is 1.68. The molecule has 112 valence electrons.